The number of ether oxygens (including phenoxy) is 2. The molecule has 176 valence electrons. The van der Waals surface area contributed by atoms with Gasteiger partial charge in [0.15, 0.2) is 11.6 Å². The van der Waals surface area contributed by atoms with E-state index in [0.717, 1.165) is 12.1 Å². The van der Waals surface area contributed by atoms with E-state index < -0.39 is 23.7 Å². The minimum absolute atomic E-state index is 0.0365. The fraction of sp³-hybridized carbons (Fsp3) is 0.125. The van der Waals surface area contributed by atoms with Crippen molar-refractivity contribution in [1.29, 1.82) is 0 Å². The normalized spacial score (nSPS) is 11.7. The van der Waals surface area contributed by atoms with Crippen LogP contribution in [0.15, 0.2) is 48.5 Å². The summed E-state index contributed by atoms with van der Waals surface area (Å²) in [4.78, 5) is 4.58. The minimum Gasteiger partial charge on any atom is -0.495 e. The molecule has 0 unspecified atom stereocenters. The van der Waals surface area contributed by atoms with Gasteiger partial charge in [-0.2, -0.15) is 0 Å². The number of nitrogens with zero attached hydrogens (tertiary/aromatic N) is 1. The van der Waals surface area contributed by atoms with E-state index in [0.29, 0.717) is 49.1 Å². The molecule has 10 heteroatoms. The molecule has 0 aliphatic carbocycles. The van der Waals surface area contributed by atoms with Gasteiger partial charge in [0.05, 0.1) is 22.7 Å². The molecule has 0 bridgehead atoms. The number of fused-ring (bicyclic) bond motifs is 1. The van der Waals surface area contributed by atoms with Gasteiger partial charge in [-0.1, -0.05) is 47.5 Å². The Kier molecular flexibility index (Phi) is 6.31. The van der Waals surface area contributed by atoms with E-state index in [4.69, 9.17) is 27.9 Å². The molecule has 0 radical (unpaired) electrons. The lowest BCUT2D eigenvalue weighted by molar-refractivity contribution is -0.276. The number of methoxy groups -OCH3 is 1. The number of alkyl halides is 3. The summed E-state index contributed by atoms with van der Waals surface area (Å²) in [5.74, 6) is -3.99. The van der Waals surface area contributed by atoms with Crippen molar-refractivity contribution in [3.8, 4) is 33.8 Å². The lowest BCUT2D eigenvalue weighted by Crippen LogP contribution is -2.19. The number of aryl methyl sites for hydroxylation is 1. The highest BCUT2D eigenvalue weighted by atomic mass is 35.5. The van der Waals surface area contributed by atoms with E-state index in [2.05, 4.69) is 9.72 Å². The van der Waals surface area contributed by atoms with Crippen LogP contribution in [0.2, 0.25) is 10.0 Å². The molecule has 0 aliphatic heterocycles. The number of benzene rings is 3. The van der Waals surface area contributed by atoms with E-state index in [1.807, 2.05) is 0 Å². The molecule has 0 aliphatic rings. The topological polar surface area (TPSA) is 31.4 Å². The minimum atomic E-state index is -5.22. The maximum Gasteiger partial charge on any atom is 0.573 e. The lowest BCUT2D eigenvalue weighted by atomic mass is 9.98. The Balaban J connectivity index is 1.74. The van der Waals surface area contributed by atoms with Gasteiger partial charge in [-0.15, -0.1) is 13.2 Å². The first-order valence-electron chi connectivity index (χ1n) is 9.67. The van der Waals surface area contributed by atoms with Crippen LogP contribution in [0.5, 0.6) is 11.5 Å². The fourth-order valence-electron chi connectivity index (χ4n) is 3.60. The third-order valence-electron chi connectivity index (χ3n) is 5.10. The Morgan fingerprint density at radius 1 is 0.853 bits per heavy atom. The smallest absolute Gasteiger partial charge is 0.495 e. The maximum atomic E-state index is 14.1. The first-order chi connectivity index (χ1) is 16.0. The van der Waals surface area contributed by atoms with E-state index in [9.17, 15) is 22.0 Å². The van der Waals surface area contributed by atoms with Gasteiger partial charge in [0.1, 0.15) is 5.75 Å². The van der Waals surface area contributed by atoms with Gasteiger partial charge >= 0.3 is 6.36 Å². The number of halogens is 7. The van der Waals surface area contributed by atoms with Gasteiger partial charge < -0.3 is 9.47 Å². The van der Waals surface area contributed by atoms with Gasteiger partial charge in [-0.3, -0.25) is 4.98 Å². The second-order valence-corrected chi connectivity index (χ2v) is 8.07. The molecular weight excluding hydrogens is 500 g/mol. The number of pyridine rings is 1. The molecule has 0 N–H and O–H groups in total. The fourth-order valence-corrected chi connectivity index (χ4v) is 4.24. The standard InChI is InChI=1S/C24H14Cl2F5NO2/c1-11-21(22(26)15-9-16(25)20(33-2)10-19(15)32-11)13-5-3-12(4-6-13)14-7-17(27)23(18(28)8-14)34-24(29,30)31/h3-10H,1-2H3. The van der Waals surface area contributed by atoms with Crippen molar-refractivity contribution in [2.75, 3.05) is 7.11 Å². The molecule has 0 spiro atoms. The van der Waals surface area contributed by atoms with E-state index >= 15 is 0 Å². The molecule has 0 saturated heterocycles. The zero-order chi connectivity index (χ0) is 24.8. The van der Waals surface area contributed by atoms with Crippen LogP contribution in [0.1, 0.15) is 5.69 Å². The van der Waals surface area contributed by atoms with Crippen LogP contribution < -0.4 is 9.47 Å². The summed E-state index contributed by atoms with van der Waals surface area (Å²) in [5, 5.41) is 1.39. The number of hydrogen-bond acceptors (Lipinski definition) is 3. The summed E-state index contributed by atoms with van der Waals surface area (Å²) >= 11 is 12.9. The van der Waals surface area contributed by atoms with Crippen molar-refractivity contribution in [3.05, 3.63) is 75.9 Å². The summed E-state index contributed by atoms with van der Waals surface area (Å²) in [6.07, 6.45) is -5.22. The van der Waals surface area contributed by atoms with Crippen LogP contribution in [0.3, 0.4) is 0 Å². The van der Waals surface area contributed by atoms with Gasteiger partial charge in [0.2, 0.25) is 5.75 Å². The highest BCUT2D eigenvalue weighted by Gasteiger charge is 2.34. The van der Waals surface area contributed by atoms with Crippen LogP contribution >= 0.6 is 23.2 Å². The van der Waals surface area contributed by atoms with E-state index in [1.54, 1.807) is 43.3 Å². The van der Waals surface area contributed by atoms with Crippen molar-refractivity contribution in [2.45, 2.75) is 13.3 Å². The Hall–Kier alpha value is -3.10. The molecule has 0 fully saturated rings. The third kappa shape index (κ3) is 4.60. The first-order valence-corrected chi connectivity index (χ1v) is 10.4. The lowest BCUT2D eigenvalue weighted by Gasteiger charge is -2.14. The average molecular weight is 514 g/mol. The van der Waals surface area contributed by atoms with Crippen molar-refractivity contribution in [3.63, 3.8) is 0 Å². The number of rotatable bonds is 4. The molecule has 34 heavy (non-hydrogen) atoms. The molecule has 0 atom stereocenters. The monoisotopic (exact) mass is 513 g/mol. The third-order valence-corrected chi connectivity index (χ3v) is 5.79. The molecule has 0 saturated carbocycles. The molecule has 1 heterocycles. The van der Waals surface area contributed by atoms with Crippen LogP contribution in [-0.4, -0.2) is 18.5 Å². The molecule has 3 aromatic carbocycles. The van der Waals surface area contributed by atoms with E-state index in [1.165, 1.54) is 7.11 Å². The Morgan fingerprint density at radius 2 is 1.44 bits per heavy atom. The van der Waals surface area contributed by atoms with Crippen LogP contribution in [-0.2, 0) is 0 Å². The zero-order valence-electron chi connectivity index (χ0n) is 17.5. The SMILES string of the molecule is COc1cc2nc(C)c(-c3ccc(-c4cc(F)c(OC(F)(F)F)c(F)c4)cc3)c(Cl)c2cc1Cl. The molecule has 4 aromatic rings. The molecule has 3 nitrogen and oxygen atoms in total. The van der Waals surface area contributed by atoms with Gasteiger partial charge in [0.25, 0.3) is 0 Å². The van der Waals surface area contributed by atoms with Gasteiger partial charge in [-0.05, 0) is 41.8 Å². The van der Waals surface area contributed by atoms with E-state index in [-0.39, 0.29) is 5.56 Å². The second-order valence-electron chi connectivity index (χ2n) is 7.28. The quantitative estimate of drug-likeness (QED) is 0.257. The second kappa shape index (κ2) is 8.92. The average Bonchev–Trinajstić information content (AvgIpc) is 2.76. The highest BCUT2D eigenvalue weighted by molar-refractivity contribution is 6.39. The Labute approximate surface area is 200 Å². The molecule has 0 amide bonds. The highest BCUT2D eigenvalue weighted by Crippen LogP contribution is 2.40. The Morgan fingerprint density at radius 3 is 2.00 bits per heavy atom. The summed E-state index contributed by atoms with van der Waals surface area (Å²) in [5.41, 5.74) is 2.93. The summed E-state index contributed by atoms with van der Waals surface area (Å²) < 4.78 is 74.0. The van der Waals surface area contributed by atoms with Crippen molar-refractivity contribution in [2.24, 2.45) is 0 Å². The van der Waals surface area contributed by atoms with Crippen LogP contribution in [0.4, 0.5) is 22.0 Å². The predicted molar refractivity (Wildman–Crippen MR) is 121 cm³/mol. The van der Waals surface area contributed by atoms with Crippen LogP contribution in [0.25, 0.3) is 33.2 Å². The molecular formula is C24H14Cl2F5NO2. The maximum absolute atomic E-state index is 14.1. The number of aromatic nitrogens is 1. The summed E-state index contributed by atoms with van der Waals surface area (Å²) in [6.45, 7) is 1.78. The summed E-state index contributed by atoms with van der Waals surface area (Å²) in [7, 11) is 1.49. The zero-order valence-corrected chi connectivity index (χ0v) is 19.0. The first kappa shape index (κ1) is 24.0. The summed E-state index contributed by atoms with van der Waals surface area (Å²) in [6, 6.07) is 11.3. The Bertz CT molecular complexity index is 1380. The van der Waals surface area contributed by atoms with Crippen molar-refractivity contribution < 1.29 is 31.4 Å². The van der Waals surface area contributed by atoms with Crippen LogP contribution in [0, 0.1) is 18.6 Å². The van der Waals surface area contributed by atoms with Crippen molar-refractivity contribution >= 4 is 34.1 Å². The van der Waals surface area contributed by atoms with Gasteiger partial charge in [-0.25, -0.2) is 8.78 Å². The predicted octanol–water partition coefficient (Wildman–Crippen LogP) is 8.37. The number of hydrogen-bond donors (Lipinski definition) is 0. The molecule has 1 aromatic heterocycles. The van der Waals surface area contributed by atoms with Gasteiger partial charge in [0, 0.05) is 22.7 Å². The van der Waals surface area contributed by atoms with Crippen molar-refractivity contribution in [1.82, 2.24) is 4.98 Å². The molecule has 4 rings (SSSR count). The largest absolute Gasteiger partial charge is 0.573 e.